The molecule has 4 nitrogen and oxygen atoms in total. The number of hydrogen-bond donors (Lipinski definition) is 1. The molecule has 0 saturated carbocycles. The molecule has 0 spiro atoms. The van der Waals surface area contributed by atoms with Crippen molar-refractivity contribution in [2.75, 3.05) is 13.1 Å². The molecule has 4 heteroatoms. The van der Waals surface area contributed by atoms with E-state index in [2.05, 4.69) is 22.4 Å². The highest BCUT2D eigenvalue weighted by Gasteiger charge is 2.20. The number of aromatic nitrogens is 2. The van der Waals surface area contributed by atoms with Crippen molar-refractivity contribution in [1.29, 1.82) is 0 Å². The zero-order valence-electron chi connectivity index (χ0n) is 7.92. The molecule has 1 fully saturated rings. The van der Waals surface area contributed by atoms with Crippen LogP contribution in [0.4, 0.5) is 0 Å². The van der Waals surface area contributed by atoms with Crippen LogP contribution >= 0.6 is 0 Å². The van der Waals surface area contributed by atoms with E-state index in [1.807, 2.05) is 0 Å². The van der Waals surface area contributed by atoms with Gasteiger partial charge < -0.3 is 9.84 Å². The predicted molar refractivity (Wildman–Crippen MR) is 48.4 cm³/mol. The SMILES string of the molecule is CCCc1noc(CC2CNC2)n1. The van der Waals surface area contributed by atoms with Crippen molar-refractivity contribution in [3.63, 3.8) is 0 Å². The van der Waals surface area contributed by atoms with Crippen LogP contribution in [0.2, 0.25) is 0 Å². The van der Waals surface area contributed by atoms with Crippen LogP contribution in [0.15, 0.2) is 4.52 Å². The van der Waals surface area contributed by atoms with Crippen LogP contribution in [-0.4, -0.2) is 23.2 Å². The van der Waals surface area contributed by atoms with Crippen LogP contribution in [0.25, 0.3) is 0 Å². The maximum atomic E-state index is 5.13. The smallest absolute Gasteiger partial charge is 0.227 e. The van der Waals surface area contributed by atoms with E-state index in [1.165, 1.54) is 0 Å². The summed E-state index contributed by atoms with van der Waals surface area (Å²) in [6.07, 6.45) is 2.93. The van der Waals surface area contributed by atoms with Crippen molar-refractivity contribution < 1.29 is 4.52 Å². The molecule has 0 aromatic carbocycles. The van der Waals surface area contributed by atoms with Gasteiger partial charge >= 0.3 is 0 Å². The maximum Gasteiger partial charge on any atom is 0.227 e. The van der Waals surface area contributed by atoms with Gasteiger partial charge in [0.05, 0.1) is 0 Å². The van der Waals surface area contributed by atoms with Gasteiger partial charge in [0.25, 0.3) is 0 Å². The first-order valence-corrected chi connectivity index (χ1v) is 4.90. The van der Waals surface area contributed by atoms with Gasteiger partial charge in [0.15, 0.2) is 5.82 Å². The van der Waals surface area contributed by atoms with Crippen LogP contribution in [0.1, 0.15) is 25.1 Å². The van der Waals surface area contributed by atoms with E-state index in [1.54, 1.807) is 0 Å². The topological polar surface area (TPSA) is 51.0 Å². The van der Waals surface area contributed by atoms with Gasteiger partial charge in [-0.3, -0.25) is 0 Å². The Morgan fingerprint density at radius 2 is 2.38 bits per heavy atom. The van der Waals surface area contributed by atoms with Crippen LogP contribution < -0.4 is 5.32 Å². The van der Waals surface area contributed by atoms with Crippen LogP contribution in [-0.2, 0) is 12.8 Å². The van der Waals surface area contributed by atoms with E-state index in [0.717, 1.165) is 44.1 Å². The van der Waals surface area contributed by atoms with Gasteiger partial charge in [0, 0.05) is 12.8 Å². The van der Waals surface area contributed by atoms with Gasteiger partial charge in [0.1, 0.15) is 0 Å². The third-order valence-electron chi connectivity index (χ3n) is 2.31. The van der Waals surface area contributed by atoms with Crippen molar-refractivity contribution in [2.24, 2.45) is 5.92 Å². The molecule has 1 saturated heterocycles. The maximum absolute atomic E-state index is 5.13. The number of hydrogen-bond acceptors (Lipinski definition) is 4. The highest BCUT2D eigenvalue weighted by Crippen LogP contribution is 2.11. The molecule has 13 heavy (non-hydrogen) atoms. The highest BCUT2D eigenvalue weighted by molar-refractivity contribution is 4.90. The average Bonchev–Trinajstić information content (AvgIpc) is 2.46. The van der Waals surface area contributed by atoms with E-state index in [4.69, 9.17) is 4.52 Å². The normalized spacial score (nSPS) is 17.3. The van der Waals surface area contributed by atoms with Crippen molar-refractivity contribution in [3.05, 3.63) is 11.7 Å². The van der Waals surface area contributed by atoms with Gasteiger partial charge in [-0.15, -0.1) is 0 Å². The van der Waals surface area contributed by atoms with E-state index >= 15 is 0 Å². The number of aryl methyl sites for hydroxylation is 1. The zero-order valence-corrected chi connectivity index (χ0v) is 7.92. The van der Waals surface area contributed by atoms with Crippen LogP contribution in [0, 0.1) is 5.92 Å². The molecular weight excluding hydrogens is 166 g/mol. The van der Waals surface area contributed by atoms with Gasteiger partial charge in [0.2, 0.25) is 5.89 Å². The standard InChI is InChI=1S/C9H15N3O/c1-2-3-8-11-9(13-12-8)4-7-5-10-6-7/h7,10H,2-6H2,1H3. The van der Waals surface area contributed by atoms with Gasteiger partial charge in [-0.25, -0.2) is 0 Å². The second-order valence-electron chi connectivity index (χ2n) is 3.58. The fraction of sp³-hybridized carbons (Fsp3) is 0.778. The van der Waals surface area contributed by atoms with Gasteiger partial charge in [-0.1, -0.05) is 12.1 Å². The van der Waals surface area contributed by atoms with Crippen LogP contribution in [0.3, 0.4) is 0 Å². The molecule has 0 aliphatic carbocycles. The molecule has 0 atom stereocenters. The van der Waals surface area contributed by atoms with Gasteiger partial charge in [-0.05, 0) is 25.4 Å². The Labute approximate surface area is 77.7 Å². The molecule has 0 bridgehead atoms. The fourth-order valence-corrected chi connectivity index (χ4v) is 1.44. The van der Waals surface area contributed by atoms with Crippen molar-refractivity contribution in [3.8, 4) is 0 Å². The summed E-state index contributed by atoms with van der Waals surface area (Å²) in [6.45, 7) is 4.29. The second-order valence-corrected chi connectivity index (χ2v) is 3.58. The number of nitrogens with zero attached hydrogens (tertiary/aromatic N) is 2. The van der Waals surface area contributed by atoms with Crippen molar-refractivity contribution in [2.45, 2.75) is 26.2 Å². The Morgan fingerprint density at radius 1 is 1.54 bits per heavy atom. The fourth-order valence-electron chi connectivity index (χ4n) is 1.44. The number of rotatable bonds is 4. The van der Waals surface area contributed by atoms with E-state index in [-0.39, 0.29) is 0 Å². The molecule has 1 aliphatic heterocycles. The lowest BCUT2D eigenvalue weighted by Gasteiger charge is -2.25. The molecule has 0 radical (unpaired) electrons. The Hall–Kier alpha value is -0.900. The summed E-state index contributed by atoms with van der Waals surface area (Å²) in [5.74, 6) is 2.36. The zero-order chi connectivity index (χ0) is 9.10. The summed E-state index contributed by atoms with van der Waals surface area (Å²) in [5, 5.41) is 7.13. The minimum absolute atomic E-state index is 0.704. The van der Waals surface area contributed by atoms with E-state index < -0.39 is 0 Å². The molecule has 2 rings (SSSR count). The molecule has 2 heterocycles. The molecular formula is C9H15N3O. The van der Waals surface area contributed by atoms with Crippen molar-refractivity contribution >= 4 is 0 Å². The molecule has 1 aromatic heterocycles. The molecule has 1 aromatic rings. The molecule has 0 amide bonds. The lowest BCUT2D eigenvalue weighted by molar-refractivity contribution is 0.295. The van der Waals surface area contributed by atoms with Crippen LogP contribution in [0.5, 0.6) is 0 Å². The summed E-state index contributed by atoms with van der Waals surface area (Å²) in [4.78, 5) is 4.32. The molecule has 0 unspecified atom stereocenters. The predicted octanol–water partition coefficient (Wildman–Crippen LogP) is 0.784. The van der Waals surface area contributed by atoms with E-state index in [9.17, 15) is 0 Å². The largest absolute Gasteiger partial charge is 0.339 e. The average molecular weight is 181 g/mol. The van der Waals surface area contributed by atoms with Crippen molar-refractivity contribution in [1.82, 2.24) is 15.5 Å². The lowest BCUT2D eigenvalue weighted by atomic mass is 10.00. The first kappa shape index (κ1) is 8.69. The minimum atomic E-state index is 0.704. The Balaban J connectivity index is 1.88. The monoisotopic (exact) mass is 181 g/mol. The lowest BCUT2D eigenvalue weighted by Crippen LogP contribution is -2.43. The molecule has 72 valence electrons. The highest BCUT2D eigenvalue weighted by atomic mass is 16.5. The van der Waals surface area contributed by atoms with Gasteiger partial charge in [-0.2, -0.15) is 4.98 Å². The number of nitrogens with one attached hydrogen (secondary N) is 1. The minimum Gasteiger partial charge on any atom is -0.339 e. The Kier molecular flexibility index (Phi) is 2.59. The quantitative estimate of drug-likeness (QED) is 0.746. The Bertz CT molecular complexity index is 268. The third kappa shape index (κ3) is 2.06. The summed E-state index contributed by atoms with van der Waals surface area (Å²) in [5.41, 5.74) is 0. The third-order valence-corrected chi connectivity index (χ3v) is 2.31. The first-order chi connectivity index (χ1) is 6.38. The summed E-state index contributed by atoms with van der Waals surface area (Å²) in [7, 11) is 0. The molecule has 1 N–H and O–H groups in total. The summed E-state index contributed by atoms with van der Waals surface area (Å²) >= 11 is 0. The Morgan fingerprint density at radius 3 is 3.00 bits per heavy atom. The van der Waals surface area contributed by atoms with E-state index in [0.29, 0.717) is 5.92 Å². The molecule has 1 aliphatic rings. The summed E-state index contributed by atoms with van der Waals surface area (Å²) < 4.78 is 5.13. The first-order valence-electron chi connectivity index (χ1n) is 4.90. The summed E-state index contributed by atoms with van der Waals surface area (Å²) in [6, 6.07) is 0. The second kappa shape index (κ2) is 3.87.